The van der Waals surface area contributed by atoms with Crippen LogP contribution in [0.15, 0.2) is 22.7 Å². The van der Waals surface area contributed by atoms with E-state index in [1.807, 2.05) is 13.8 Å². The molecule has 0 aromatic heterocycles. The van der Waals surface area contributed by atoms with Gasteiger partial charge in [0.1, 0.15) is 5.82 Å². The summed E-state index contributed by atoms with van der Waals surface area (Å²) >= 11 is 3.19. The number of aliphatic hydroxyl groups excluding tert-OH is 1. The zero-order chi connectivity index (χ0) is 15.1. The van der Waals surface area contributed by atoms with Gasteiger partial charge < -0.3 is 10.4 Å². The van der Waals surface area contributed by atoms with Gasteiger partial charge in [0.25, 0.3) is 0 Å². The number of carbonyl (C=O) groups excluding carboxylic acids is 1. The smallest absolute Gasteiger partial charge is 0.220 e. The van der Waals surface area contributed by atoms with Crippen molar-refractivity contribution in [1.29, 1.82) is 0 Å². The zero-order valence-electron chi connectivity index (χ0n) is 11.8. The van der Waals surface area contributed by atoms with E-state index in [9.17, 15) is 14.3 Å². The molecule has 0 heterocycles. The van der Waals surface area contributed by atoms with Crippen LogP contribution in [0.2, 0.25) is 0 Å². The number of amides is 1. The van der Waals surface area contributed by atoms with Crippen molar-refractivity contribution in [3.05, 3.63) is 34.1 Å². The van der Waals surface area contributed by atoms with Crippen LogP contribution in [0, 0.1) is 11.7 Å². The predicted octanol–water partition coefficient (Wildman–Crippen LogP) is 3.04. The first kappa shape index (κ1) is 17.1. The molecule has 0 radical (unpaired) electrons. The van der Waals surface area contributed by atoms with E-state index in [1.54, 1.807) is 12.1 Å². The number of aliphatic hydroxyl groups is 1. The van der Waals surface area contributed by atoms with Gasteiger partial charge in [-0.2, -0.15) is 0 Å². The number of rotatable bonds is 7. The summed E-state index contributed by atoms with van der Waals surface area (Å²) in [5.41, 5.74) is 0.519. The average molecular weight is 346 g/mol. The topological polar surface area (TPSA) is 49.3 Å². The summed E-state index contributed by atoms with van der Waals surface area (Å²) in [7, 11) is 0. The molecule has 0 saturated heterocycles. The van der Waals surface area contributed by atoms with E-state index >= 15 is 0 Å². The van der Waals surface area contributed by atoms with Crippen LogP contribution in [-0.4, -0.2) is 23.7 Å². The van der Waals surface area contributed by atoms with Gasteiger partial charge in [-0.1, -0.05) is 42.3 Å². The lowest BCUT2D eigenvalue weighted by molar-refractivity contribution is -0.121. The van der Waals surface area contributed by atoms with Crippen molar-refractivity contribution in [2.24, 2.45) is 5.92 Å². The Balaban J connectivity index is 2.36. The van der Waals surface area contributed by atoms with Crippen molar-refractivity contribution in [1.82, 2.24) is 5.32 Å². The molecular formula is C15H21BrFNO2. The molecule has 20 heavy (non-hydrogen) atoms. The van der Waals surface area contributed by atoms with Gasteiger partial charge in [0.15, 0.2) is 0 Å². The fraction of sp³-hybridized carbons (Fsp3) is 0.533. The molecule has 112 valence electrons. The highest BCUT2D eigenvalue weighted by Gasteiger charge is 2.13. The highest BCUT2D eigenvalue weighted by Crippen LogP contribution is 2.16. The van der Waals surface area contributed by atoms with E-state index in [0.717, 1.165) is 6.42 Å². The highest BCUT2D eigenvalue weighted by atomic mass is 79.9. The Morgan fingerprint density at radius 3 is 2.80 bits per heavy atom. The molecule has 1 aromatic rings. The Hall–Kier alpha value is -0.940. The fourth-order valence-corrected chi connectivity index (χ4v) is 2.09. The molecule has 3 nitrogen and oxygen atoms in total. The largest absolute Gasteiger partial charge is 0.391 e. The van der Waals surface area contributed by atoms with Crippen LogP contribution in [0.1, 0.15) is 32.3 Å². The van der Waals surface area contributed by atoms with Gasteiger partial charge >= 0.3 is 0 Å². The summed E-state index contributed by atoms with van der Waals surface area (Å²) in [6, 6.07) is 4.81. The highest BCUT2D eigenvalue weighted by molar-refractivity contribution is 9.10. The third kappa shape index (κ3) is 5.59. The van der Waals surface area contributed by atoms with Crippen LogP contribution < -0.4 is 5.32 Å². The number of benzene rings is 1. The van der Waals surface area contributed by atoms with Crippen molar-refractivity contribution in [2.75, 3.05) is 6.54 Å². The molecule has 1 rings (SSSR count). The van der Waals surface area contributed by atoms with Crippen molar-refractivity contribution in [3.8, 4) is 0 Å². The third-order valence-corrected chi connectivity index (χ3v) is 3.94. The minimum Gasteiger partial charge on any atom is -0.391 e. The molecule has 0 spiro atoms. The Morgan fingerprint density at radius 2 is 2.20 bits per heavy atom. The van der Waals surface area contributed by atoms with Gasteiger partial charge in [-0.15, -0.1) is 0 Å². The lowest BCUT2D eigenvalue weighted by Gasteiger charge is -2.17. The summed E-state index contributed by atoms with van der Waals surface area (Å²) in [6.45, 7) is 4.18. The first-order valence-electron chi connectivity index (χ1n) is 6.82. The van der Waals surface area contributed by atoms with E-state index in [0.29, 0.717) is 16.5 Å². The summed E-state index contributed by atoms with van der Waals surface area (Å²) < 4.78 is 14.2. The van der Waals surface area contributed by atoms with E-state index in [-0.39, 0.29) is 30.6 Å². The van der Waals surface area contributed by atoms with E-state index in [2.05, 4.69) is 21.2 Å². The van der Waals surface area contributed by atoms with Crippen molar-refractivity contribution in [3.63, 3.8) is 0 Å². The summed E-state index contributed by atoms with van der Waals surface area (Å²) in [5, 5.41) is 12.4. The van der Waals surface area contributed by atoms with E-state index in [1.165, 1.54) is 6.07 Å². The molecule has 2 atom stereocenters. The zero-order valence-corrected chi connectivity index (χ0v) is 13.4. The van der Waals surface area contributed by atoms with Crippen LogP contribution in [0.3, 0.4) is 0 Å². The summed E-state index contributed by atoms with van der Waals surface area (Å²) in [6.07, 6.45) is 0.894. The SMILES string of the molecule is CCC(C)C(O)CNC(=O)CCc1ccc(Br)cc1F. The van der Waals surface area contributed by atoms with Crippen LogP contribution in [0.4, 0.5) is 4.39 Å². The molecule has 1 amide bonds. The third-order valence-electron chi connectivity index (χ3n) is 3.45. The number of hydrogen-bond donors (Lipinski definition) is 2. The second-order valence-corrected chi connectivity index (χ2v) is 5.91. The monoisotopic (exact) mass is 345 g/mol. The number of hydrogen-bond acceptors (Lipinski definition) is 2. The normalized spacial score (nSPS) is 13.8. The minimum absolute atomic E-state index is 0.152. The second kappa shape index (κ2) is 8.37. The lowest BCUT2D eigenvalue weighted by Crippen LogP contribution is -2.35. The van der Waals surface area contributed by atoms with Gasteiger partial charge in [0.05, 0.1) is 6.10 Å². The maximum Gasteiger partial charge on any atom is 0.220 e. The maximum absolute atomic E-state index is 13.6. The van der Waals surface area contributed by atoms with Crippen LogP contribution in [-0.2, 0) is 11.2 Å². The van der Waals surface area contributed by atoms with Gasteiger partial charge in [0, 0.05) is 17.4 Å². The molecule has 0 fully saturated rings. The van der Waals surface area contributed by atoms with Gasteiger partial charge in [-0.25, -0.2) is 4.39 Å². The fourth-order valence-electron chi connectivity index (χ4n) is 1.75. The molecular weight excluding hydrogens is 325 g/mol. The molecule has 5 heteroatoms. The van der Waals surface area contributed by atoms with E-state index in [4.69, 9.17) is 0 Å². The van der Waals surface area contributed by atoms with Crippen molar-refractivity contribution in [2.45, 2.75) is 39.2 Å². The number of carbonyl (C=O) groups is 1. The first-order chi connectivity index (χ1) is 9.43. The molecule has 0 saturated carbocycles. The predicted molar refractivity (Wildman–Crippen MR) is 80.9 cm³/mol. The van der Waals surface area contributed by atoms with Crippen LogP contribution in [0.5, 0.6) is 0 Å². The summed E-state index contributed by atoms with van der Waals surface area (Å²) in [4.78, 5) is 11.7. The molecule has 0 aliphatic carbocycles. The minimum atomic E-state index is -0.534. The molecule has 2 unspecified atom stereocenters. The second-order valence-electron chi connectivity index (χ2n) is 4.99. The number of aryl methyl sites for hydroxylation is 1. The first-order valence-corrected chi connectivity index (χ1v) is 7.62. The van der Waals surface area contributed by atoms with E-state index < -0.39 is 6.10 Å². The van der Waals surface area contributed by atoms with Gasteiger partial charge in [0.2, 0.25) is 5.91 Å². The van der Waals surface area contributed by atoms with Gasteiger partial charge in [-0.05, 0) is 30.0 Å². The average Bonchev–Trinajstić information content (AvgIpc) is 2.42. The number of halogens is 2. The molecule has 0 bridgehead atoms. The van der Waals surface area contributed by atoms with Crippen LogP contribution >= 0.6 is 15.9 Å². The Bertz CT molecular complexity index is 453. The molecule has 0 aliphatic heterocycles. The molecule has 2 N–H and O–H groups in total. The van der Waals surface area contributed by atoms with Crippen LogP contribution in [0.25, 0.3) is 0 Å². The Kier molecular flexibility index (Phi) is 7.16. The van der Waals surface area contributed by atoms with Crippen molar-refractivity contribution >= 4 is 21.8 Å². The quantitative estimate of drug-likeness (QED) is 0.797. The summed E-state index contributed by atoms with van der Waals surface area (Å²) in [5.74, 6) is -0.333. The Labute approximate surface area is 127 Å². The Morgan fingerprint density at radius 1 is 1.50 bits per heavy atom. The lowest BCUT2D eigenvalue weighted by atomic mass is 10.0. The standard InChI is InChI=1S/C15H21BrFNO2/c1-3-10(2)14(19)9-18-15(20)7-5-11-4-6-12(16)8-13(11)17/h4,6,8,10,14,19H,3,5,7,9H2,1-2H3,(H,18,20). The van der Waals surface area contributed by atoms with Crippen molar-refractivity contribution < 1.29 is 14.3 Å². The molecule has 1 aromatic carbocycles. The molecule has 0 aliphatic rings. The maximum atomic E-state index is 13.6. The number of nitrogens with one attached hydrogen (secondary N) is 1. The van der Waals surface area contributed by atoms with Gasteiger partial charge in [-0.3, -0.25) is 4.79 Å².